The zero-order valence-corrected chi connectivity index (χ0v) is 10.7. The average Bonchev–Trinajstić information content (AvgIpc) is 2.81. The topological polar surface area (TPSA) is 20.2 Å². The molecule has 0 radical (unpaired) electrons. The van der Waals surface area contributed by atoms with E-state index in [0.29, 0.717) is 5.75 Å². The van der Waals surface area contributed by atoms with Crippen LogP contribution >= 0.6 is 23.1 Å². The van der Waals surface area contributed by atoms with Crippen LogP contribution in [0.4, 0.5) is 0 Å². The van der Waals surface area contributed by atoms with Crippen LogP contribution < -0.4 is 0 Å². The maximum atomic E-state index is 9.91. The first-order chi connectivity index (χ1) is 7.75. The quantitative estimate of drug-likeness (QED) is 0.831. The van der Waals surface area contributed by atoms with E-state index in [0.717, 1.165) is 5.56 Å². The van der Waals surface area contributed by atoms with Gasteiger partial charge >= 0.3 is 0 Å². The number of thioether (sulfide) groups is 1. The van der Waals surface area contributed by atoms with Crippen LogP contribution in [0.5, 0.6) is 0 Å². The minimum absolute atomic E-state index is 0.363. The number of hydrogen-bond acceptors (Lipinski definition) is 3. The molecule has 0 saturated heterocycles. The molecule has 0 aliphatic rings. The number of rotatable bonds is 4. The highest BCUT2D eigenvalue weighted by Crippen LogP contribution is 2.25. The standard InChI is InChI=1S/C13H14OS2/c1-10-2-4-12(5-3-10)16-9-13(14)11-6-7-15-8-11/h2-8,13-14H,9H2,1H3. The van der Waals surface area contributed by atoms with Crippen molar-refractivity contribution in [2.75, 3.05) is 5.75 Å². The molecule has 1 unspecified atom stereocenters. The van der Waals surface area contributed by atoms with Crippen molar-refractivity contribution in [3.05, 3.63) is 52.2 Å². The first kappa shape index (κ1) is 11.7. The van der Waals surface area contributed by atoms with E-state index in [4.69, 9.17) is 0 Å². The minimum Gasteiger partial charge on any atom is -0.388 e. The third-order valence-electron chi connectivity index (χ3n) is 2.36. The zero-order chi connectivity index (χ0) is 11.4. The van der Waals surface area contributed by atoms with Crippen LogP contribution in [0.3, 0.4) is 0 Å². The maximum Gasteiger partial charge on any atom is 0.0891 e. The second kappa shape index (κ2) is 5.53. The van der Waals surface area contributed by atoms with Gasteiger partial charge in [0.2, 0.25) is 0 Å². The summed E-state index contributed by atoms with van der Waals surface area (Å²) in [6.07, 6.45) is -0.363. The zero-order valence-electron chi connectivity index (χ0n) is 9.09. The highest BCUT2D eigenvalue weighted by Gasteiger charge is 2.08. The van der Waals surface area contributed by atoms with Gasteiger partial charge in [0.1, 0.15) is 0 Å². The summed E-state index contributed by atoms with van der Waals surface area (Å²) < 4.78 is 0. The van der Waals surface area contributed by atoms with Crippen molar-refractivity contribution in [2.45, 2.75) is 17.9 Å². The Bertz CT molecular complexity index is 420. The molecule has 1 atom stereocenters. The molecule has 16 heavy (non-hydrogen) atoms. The van der Waals surface area contributed by atoms with Crippen LogP contribution in [0.25, 0.3) is 0 Å². The molecule has 2 rings (SSSR count). The SMILES string of the molecule is Cc1ccc(SCC(O)c2ccsc2)cc1. The highest BCUT2D eigenvalue weighted by atomic mass is 32.2. The summed E-state index contributed by atoms with van der Waals surface area (Å²) in [6, 6.07) is 10.4. The molecule has 0 fully saturated rings. The van der Waals surface area contributed by atoms with Gasteiger partial charge in [0.25, 0.3) is 0 Å². The van der Waals surface area contributed by atoms with Crippen molar-refractivity contribution in [1.29, 1.82) is 0 Å². The van der Waals surface area contributed by atoms with Crippen molar-refractivity contribution in [2.24, 2.45) is 0 Å². The van der Waals surface area contributed by atoms with Gasteiger partial charge in [-0.15, -0.1) is 11.8 Å². The fraction of sp³-hybridized carbons (Fsp3) is 0.231. The van der Waals surface area contributed by atoms with Crippen molar-refractivity contribution in [1.82, 2.24) is 0 Å². The molecule has 0 amide bonds. The van der Waals surface area contributed by atoms with Gasteiger partial charge < -0.3 is 5.11 Å². The molecule has 2 aromatic rings. The first-order valence-electron chi connectivity index (χ1n) is 5.15. The smallest absolute Gasteiger partial charge is 0.0891 e. The third kappa shape index (κ3) is 3.11. The molecule has 0 bridgehead atoms. The van der Waals surface area contributed by atoms with Gasteiger partial charge in [-0.3, -0.25) is 0 Å². The van der Waals surface area contributed by atoms with E-state index >= 15 is 0 Å². The third-order valence-corrected chi connectivity index (χ3v) is 4.15. The molecule has 1 aromatic heterocycles. The fourth-order valence-electron chi connectivity index (χ4n) is 1.37. The van der Waals surface area contributed by atoms with Crippen LogP contribution in [-0.2, 0) is 0 Å². The van der Waals surface area contributed by atoms with E-state index in [1.54, 1.807) is 23.1 Å². The Hall–Kier alpha value is -0.770. The lowest BCUT2D eigenvalue weighted by Crippen LogP contribution is -1.98. The van der Waals surface area contributed by atoms with Gasteiger partial charge in [0, 0.05) is 10.6 Å². The molecule has 84 valence electrons. The Morgan fingerprint density at radius 1 is 1.25 bits per heavy atom. The Morgan fingerprint density at radius 3 is 2.62 bits per heavy atom. The second-order valence-electron chi connectivity index (χ2n) is 3.70. The van der Waals surface area contributed by atoms with Gasteiger partial charge in [-0.1, -0.05) is 17.7 Å². The number of aliphatic hydroxyl groups excluding tert-OH is 1. The molecule has 0 aliphatic heterocycles. The van der Waals surface area contributed by atoms with E-state index in [1.165, 1.54) is 10.5 Å². The molecular weight excluding hydrogens is 236 g/mol. The number of aryl methyl sites for hydroxylation is 1. The summed E-state index contributed by atoms with van der Waals surface area (Å²) >= 11 is 3.31. The lowest BCUT2D eigenvalue weighted by atomic mass is 10.2. The number of aliphatic hydroxyl groups is 1. The predicted molar refractivity (Wildman–Crippen MR) is 71.2 cm³/mol. The summed E-state index contributed by atoms with van der Waals surface area (Å²) in [7, 11) is 0. The van der Waals surface area contributed by atoms with Crippen LogP contribution in [0.15, 0.2) is 46.0 Å². The molecule has 3 heteroatoms. The lowest BCUT2D eigenvalue weighted by Gasteiger charge is -2.08. The number of hydrogen-bond donors (Lipinski definition) is 1. The molecule has 1 nitrogen and oxygen atoms in total. The predicted octanol–water partition coefficient (Wildman–Crippen LogP) is 3.88. The lowest BCUT2D eigenvalue weighted by molar-refractivity contribution is 0.204. The van der Waals surface area contributed by atoms with E-state index in [-0.39, 0.29) is 6.10 Å². The van der Waals surface area contributed by atoms with Crippen LogP contribution in [-0.4, -0.2) is 10.9 Å². The summed E-state index contributed by atoms with van der Waals surface area (Å²) in [5.74, 6) is 0.708. The summed E-state index contributed by atoms with van der Waals surface area (Å²) in [5.41, 5.74) is 2.28. The van der Waals surface area contributed by atoms with Crippen LogP contribution in [0.1, 0.15) is 17.2 Å². The van der Waals surface area contributed by atoms with Crippen LogP contribution in [0, 0.1) is 6.92 Å². The molecule has 1 heterocycles. The Morgan fingerprint density at radius 2 is 2.00 bits per heavy atom. The molecule has 0 saturated carbocycles. The Kier molecular flexibility index (Phi) is 4.04. The molecule has 0 aliphatic carbocycles. The molecular formula is C13H14OS2. The monoisotopic (exact) mass is 250 g/mol. The number of thiophene rings is 1. The first-order valence-corrected chi connectivity index (χ1v) is 7.08. The summed E-state index contributed by atoms with van der Waals surface area (Å²) in [6.45, 7) is 2.08. The summed E-state index contributed by atoms with van der Waals surface area (Å²) in [5, 5.41) is 13.9. The van der Waals surface area contributed by atoms with E-state index < -0.39 is 0 Å². The van der Waals surface area contributed by atoms with Gasteiger partial charge in [-0.25, -0.2) is 0 Å². The molecule has 0 spiro atoms. The van der Waals surface area contributed by atoms with Gasteiger partial charge in [0.05, 0.1) is 6.10 Å². The van der Waals surface area contributed by atoms with E-state index in [9.17, 15) is 5.11 Å². The largest absolute Gasteiger partial charge is 0.388 e. The van der Waals surface area contributed by atoms with Gasteiger partial charge in [0.15, 0.2) is 0 Å². The Balaban J connectivity index is 1.90. The molecule has 1 N–H and O–H groups in total. The van der Waals surface area contributed by atoms with Gasteiger partial charge in [-0.2, -0.15) is 11.3 Å². The summed E-state index contributed by atoms with van der Waals surface area (Å²) in [4.78, 5) is 1.21. The van der Waals surface area contributed by atoms with E-state index in [1.807, 2.05) is 16.8 Å². The fourth-order valence-corrected chi connectivity index (χ4v) is 2.95. The average molecular weight is 250 g/mol. The van der Waals surface area contributed by atoms with Crippen molar-refractivity contribution in [3.8, 4) is 0 Å². The highest BCUT2D eigenvalue weighted by molar-refractivity contribution is 7.99. The van der Waals surface area contributed by atoms with Crippen molar-refractivity contribution < 1.29 is 5.11 Å². The molecule has 1 aromatic carbocycles. The van der Waals surface area contributed by atoms with Crippen LogP contribution in [0.2, 0.25) is 0 Å². The minimum atomic E-state index is -0.363. The van der Waals surface area contributed by atoms with Crippen molar-refractivity contribution in [3.63, 3.8) is 0 Å². The van der Waals surface area contributed by atoms with E-state index in [2.05, 4.69) is 31.2 Å². The second-order valence-corrected chi connectivity index (χ2v) is 5.57. The maximum absolute atomic E-state index is 9.91. The van der Waals surface area contributed by atoms with Gasteiger partial charge in [-0.05, 0) is 41.4 Å². The van der Waals surface area contributed by atoms with Crippen molar-refractivity contribution >= 4 is 23.1 Å². The Labute approximate surface area is 104 Å². The normalized spacial score (nSPS) is 12.6. The number of benzene rings is 1.